The zero-order chi connectivity index (χ0) is 12.2. The van der Waals surface area contributed by atoms with E-state index in [-0.39, 0.29) is 0 Å². The van der Waals surface area contributed by atoms with E-state index in [2.05, 4.69) is 0 Å². The number of rotatable bonds is 0. The van der Waals surface area contributed by atoms with Crippen molar-refractivity contribution in [2.75, 3.05) is 0 Å². The highest BCUT2D eigenvalue weighted by Gasteiger charge is 3.35. The van der Waals surface area contributed by atoms with E-state index in [9.17, 15) is 0 Å². The molecule has 5 saturated heterocycles. The van der Waals surface area contributed by atoms with Crippen LogP contribution >= 0.6 is 77.6 Å². The van der Waals surface area contributed by atoms with Crippen molar-refractivity contribution in [3.8, 4) is 0 Å². The van der Waals surface area contributed by atoms with Gasteiger partial charge in [-0.2, -0.15) is 77.6 Å². The number of hydrogen-bond donors (Lipinski definition) is 0. The van der Waals surface area contributed by atoms with Crippen LogP contribution in [0.2, 0.25) is 0 Å². The maximum Gasteiger partial charge on any atom is 0.169 e. The van der Waals surface area contributed by atoms with Gasteiger partial charge in [-0.3, -0.25) is 0 Å². The van der Waals surface area contributed by atoms with Gasteiger partial charge in [-0.25, -0.2) is 0 Å². The summed E-state index contributed by atoms with van der Waals surface area (Å²) in [5.41, 5.74) is 0.732. The predicted molar refractivity (Wildman–Crippen MR) is 98.5 cm³/mol. The number of fused-ring (bicyclic) bond motifs is 15. The molecule has 17 heavy (non-hydrogen) atoms. The lowest BCUT2D eigenvalue weighted by atomic mass is 10.6. The van der Waals surface area contributed by atoms with Crippen LogP contribution in [0.3, 0.4) is 0 Å². The summed E-state index contributed by atoms with van der Waals surface area (Å²) in [6.07, 6.45) is -3.59. The second-order valence-corrected chi connectivity index (χ2v) is 133. The molecular formula is BCl7Si9. The molecule has 5 fully saturated rings. The van der Waals surface area contributed by atoms with Gasteiger partial charge < -0.3 is 0 Å². The lowest BCUT2D eigenvalue weighted by Gasteiger charge is -2.82. The fourth-order valence-electron chi connectivity index (χ4n) is 6.03. The summed E-state index contributed by atoms with van der Waals surface area (Å²) in [5, 5.41) is 0. The van der Waals surface area contributed by atoms with Crippen molar-refractivity contribution in [2.24, 2.45) is 0 Å². The van der Waals surface area contributed by atoms with Gasteiger partial charge in [0.2, 0.25) is 0 Å². The minimum atomic E-state index is -2.04. The summed E-state index contributed by atoms with van der Waals surface area (Å²) < 4.78 is 0. The van der Waals surface area contributed by atoms with Crippen LogP contribution in [0.4, 0.5) is 0 Å². The summed E-state index contributed by atoms with van der Waals surface area (Å²) in [7, 11) is -0.849. The molecule has 0 aromatic heterocycles. The summed E-state index contributed by atoms with van der Waals surface area (Å²) in [6, 6.07) is 0. The van der Waals surface area contributed by atoms with Crippen molar-refractivity contribution in [1.29, 1.82) is 0 Å². The molecule has 0 aromatic carbocycles. The molecule has 5 rings (SSSR count). The van der Waals surface area contributed by atoms with Crippen LogP contribution < -0.4 is 0 Å². The van der Waals surface area contributed by atoms with E-state index in [0.29, 0.717) is 0 Å². The summed E-state index contributed by atoms with van der Waals surface area (Å²) in [5.74, 6) is -9.56. The monoisotopic (exact) mass is 508 g/mol. The smallest absolute Gasteiger partial charge is 0.169 e. The Hall–Kier alpha value is 4.05. The Balaban J connectivity index is 1.84. The third-order valence-corrected chi connectivity index (χ3v) is 394. The fourth-order valence-corrected chi connectivity index (χ4v) is 993. The van der Waals surface area contributed by atoms with Crippen molar-refractivity contribution in [2.45, 2.75) is 0 Å². The first-order valence-electron chi connectivity index (χ1n) is 5.19. The molecule has 17 heteroatoms. The van der Waals surface area contributed by atoms with Crippen LogP contribution in [-0.4, -0.2) is 62.8 Å². The van der Waals surface area contributed by atoms with Crippen LogP contribution in [0.5, 0.6) is 0 Å². The largest absolute Gasteiger partial charge is 0.183 e. The third kappa shape index (κ3) is 0.502. The van der Waals surface area contributed by atoms with Crippen molar-refractivity contribution in [1.82, 2.24) is 0 Å². The molecule has 5 aliphatic rings. The summed E-state index contributed by atoms with van der Waals surface area (Å²) in [6.45, 7) is 0. The minimum Gasteiger partial charge on any atom is -0.183 e. The van der Waals surface area contributed by atoms with E-state index in [1.807, 2.05) is 0 Å². The first-order chi connectivity index (χ1) is 7.61. The van der Waals surface area contributed by atoms with Gasteiger partial charge in [-0.1, -0.05) is 0 Å². The van der Waals surface area contributed by atoms with E-state index in [4.69, 9.17) is 77.6 Å². The standard InChI is InChI=1S/BCl7Si9/c2-11-1-9-10(11)14(5)15(11,6)16(7)12(1,3)13(9,4)17(14,16)8. The molecule has 0 saturated carbocycles. The topological polar surface area (TPSA) is 0 Å². The number of hydrogen-bond acceptors (Lipinski definition) is 0. The Bertz CT molecular complexity index is 572. The summed E-state index contributed by atoms with van der Waals surface area (Å²) >= 11 is 50.1. The zero-order valence-corrected chi connectivity index (χ0v) is 22.0. The molecule has 0 amide bonds. The average Bonchev–Trinajstić information content (AvgIpc) is 2.44. The third-order valence-electron chi connectivity index (χ3n) is 6.31. The zero-order valence-electron chi connectivity index (χ0n) is 7.72. The molecule has 0 nitrogen and oxygen atoms in total. The molecule has 5 aliphatic heterocycles. The second kappa shape index (κ2) is 2.40. The highest BCUT2D eigenvalue weighted by atomic mass is 35.7. The van der Waals surface area contributed by atoms with E-state index < -0.39 is 57.3 Å². The van der Waals surface area contributed by atoms with E-state index in [0.717, 1.165) is 5.49 Å². The van der Waals surface area contributed by atoms with Crippen molar-refractivity contribution in [3.63, 3.8) is 0 Å². The van der Waals surface area contributed by atoms with Crippen LogP contribution in [-0.2, 0) is 0 Å². The Labute approximate surface area is 138 Å². The van der Waals surface area contributed by atoms with Gasteiger partial charge in [0.1, 0.15) is 24.0 Å². The van der Waals surface area contributed by atoms with Gasteiger partial charge in [0.15, 0.2) is 23.7 Å². The van der Waals surface area contributed by atoms with Gasteiger partial charge >= 0.3 is 0 Å². The van der Waals surface area contributed by atoms with Crippen LogP contribution in [0.1, 0.15) is 0 Å². The van der Waals surface area contributed by atoms with Crippen LogP contribution in [0, 0.1) is 0 Å². The lowest BCUT2D eigenvalue weighted by Crippen LogP contribution is -3.24. The van der Waals surface area contributed by atoms with E-state index >= 15 is 0 Å². The van der Waals surface area contributed by atoms with Gasteiger partial charge in [0.25, 0.3) is 0 Å². The van der Waals surface area contributed by atoms with Crippen molar-refractivity contribution in [3.05, 3.63) is 0 Å². The van der Waals surface area contributed by atoms with E-state index in [1.54, 1.807) is 0 Å². The second-order valence-electron chi connectivity index (χ2n) is 5.94. The molecule has 0 bridgehead atoms. The highest BCUT2D eigenvalue weighted by Crippen LogP contribution is 2.96. The van der Waals surface area contributed by atoms with Crippen LogP contribution in [0.15, 0.2) is 0 Å². The molecule has 2 radical (unpaired) electrons. The summed E-state index contributed by atoms with van der Waals surface area (Å²) in [4.78, 5) is 0. The SMILES string of the molecule is Cl[Si]12B3[Si]4[Si]1[Si]1(Cl)[Si]2(Cl)[Si]2(Cl)[Si]3(Cl)[Si]4(Cl)[Si]12Cl. The normalized spacial score (nSPS) is 88.8. The molecule has 0 N–H and O–H groups in total. The Morgan fingerprint density at radius 1 is 0.706 bits per heavy atom. The van der Waals surface area contributed by atoms with Gasteiger partial charge in [0, 0.05) is 15.1 Å². The Kier molecular flexibility index (Phi) is 1.76. The Morgan fingerprint density at radius 2 is 1.29 bits per heavy atom. The molecule has 0 aliphatic carbocycles. The van der Waals surface area contributed by atoms with Crippen molar-refractivity contribution < 1.29 is 0 Å². The maximum atomic E-state index is 7.18. The van der Waals surface area contributed by atoms with Crippen LogP contribution in [0.25, 0.3) is 0 Å². The molecule has 88 valence electrons. The molecule has 5 heterocycles. The van der Waals surface area contributed by atoms with Gasteiger partial charge in [-0.05, 0) is 0 Å². The lowest BCUT2D eigenvalue weighted by molar-refractivity contribution is 2.82. The molecule has 7 atom stereocenters. The molecule has 7 unspecified atom stereocenters. The molecule has 0 aromatic rings. The minimum absolute atomic E-state index is 0.391. The van der Waals surface area contributed by atoms with Gasteiger partial charge in [-0.15, -0.1) is 0 Å². The first kappa shape index (κ1) is 12.5. The first-order valence-corrected chi connectivity index (χ1v) is 41.5. The molecular weight excluding hydrogens is 512 g/mol. The van der Waals surface area contributed by atoms with E-state index in [1.165, 1.54) is 0 Å². The Morgan fingerprint density at radius 3 is 1.88 bits per heavy atom. The fraction of sp³-hybridized carbons (Fsp3) is 0. The average molecular weight is 512 g/mol. The van der Waals surface area contributed by atoms with Crippen molar-refractivity contribution >= 4 is 140 Å². The predicted octanol–water partition coefficient (Wildman–Crippen LogP) is 1.02. The number of halogens is 7. The maximum absolute atomic E-state index is 7.18. The quantitative estimate of drug-likeness (QED) is 0.337. The van der Waals surface area contributed by atoms with Gasteiger partial charge in [0.05, 0.1) is 0 Å². The highest BCUT2D eigenvalue weighted by molar-refractivity contribution is 9.00. The molecule has 0 spiro atoms.